The van der Waals surface area contributed by atoms with Crippen molar-refractivity contribution in [2.24, 2.45) is 4.99 Å². The molecule has 4 heteroatoms. The van der Waals surface area contributed by atoms with Gasteiger partial charge in [0.1, 0.15) is 5.36 Å². The molecule has 0 saturated heterocycles. The third-order valence-electron chi connectivity index (χ3n) is 4.38. The molecule has 23 heavy (non-hydrogen) atoms. The van der Waals surface area contributed by atoms with Crippen LogP contribution in [0, 0.1) is 0 Å². The summed E-state index contributed by atoms with van der Waals surface area (Å²) in [6.07, 6.45) is 0. The van der Waals surface area contributed by atoms with Crippen LogP contribution in [0.15, 0.2) is 29.3 Å². The Balaban J connectivity index is 2.37. The van der Waals surface area contributed by atoms with Crippen LogP contribution in [-0.4, -0.2) is 40.3 Å². The summed E-state index contributed by atoms with van der Waals surface area (Å²) in [5.41, 5.74) is 4.88. The average Bonchev–Trinajstić information content (AvgIpc) is 3.24. The molecule has 0 aliphatic carbocycles. The van der Waals surface area contributed by atoms with E-state index < -0.39 is 0 Å². The summed E-state index contributed by atoms with van der Waals surface area (Å²) in [5, 5.41) is 1.16. The van der Waals surface area contributed by atoms with Gasteiger partial charge >= 0.3 is 0 Å². The molecule has 0 spiro atoms. The number of benzene rings is 1. The van der Waals surface area contributed by atoms with E-state index in [1.165, 1.54) is 17.1 Å². The monoisotopic (exact) mass is 314 g/mol. The van der Waals surface area contributed by atoms with E-state index in [-0.39, 0.29) is 0 Å². The fourth-order valence-electron chi connectivity index (χ4n) is 2.90. The molecular weight excluding hydrogens is 284 g/mol. The first kappa shape index (κ1) is 17.4. The molecule has 0 unspecified atom stereocenters. The van der Waals surface area contributed by atoms with Crippen LogP contribution in [0.1, 0.15) is 27.7 Å². The molecular formula is C19H30N4. The molecule has 0 aliphatic heterocycles. The Bertz CT molecular complexity index is 597. The molecule has 2 rings (SSSR count). The summed E-state index contributed by atoms with van der Waals surface area (Å²) in [6.45, 7) is 12.9. The lowest BCUT2D eigenvalue weighted by atomic mass is 10.3. The highest BCUT2D eigenvalue weighted by molar-refractivity contribution is 5.85. The average molecular weight is 314 g/mol. The van der Waals surface area contributed by atoms with E-state index in [9.17, 15) is 0 Å². The maximum Gasteiger partial charge on any atom is 0.115 e. The second-order valence-electron chi connectivity index (χ2n) is 5.91. The first-order valence-electron chi connectivity index (χ1n) is 8.68. The molecule has 0 heterocycles. The van der Waals surface area contributed by atoms with Crippen molar-refractivity contribution in [1.29, 1.82) is 0 Å². The molecule has 0 fully saturated rings. The number of rotatable bonds is 8. The number of hydrogen-bond donors (Lipinski definition) is 0. The summed E-state index contributed by atoms with van der Waals surface area (Å²) in [4.78, 5) is 11.8. The second-order valence-corrected chi connectivity index (χ2v) is 5.91. The highest BCUT2D eigenvalue weighted by atomic mass is 15.2. The van der Waals surface area contributed by atoms with Crippen LogP contribution >= 0.6 is 0 Å². The SMILES string of the molecule is CCN(CC)c1c(N(CC)CC)c1=Nc1ccc(N(C)C)cc1. The molecule has 0 aliphatic rings. The van der Waals surface area contributed by atoms with Gasteiger partial charge in [-0.15, -0.1) is 0 Å². The first-order valence-corrected chi connectivity index (χ1v) is 8.68. The van der Waals surface area contributed by atoms with E-state index in [1.54, 1.807) is 0 Å². The lowest BCUT2D eigenvalue weighted by molar-refractivity contribution is 0.855. The van der Waals surface area contributed by atoms with Gasteiger partial charge in [0.15, 0.2) is 0 Å². The summed E-state index contributed by atoms with van der Waals surface area (Å²) < 4.78 is 0. The minimum absolute atomic E-state index is 1.02. The van der Waals surface area contributed by atoms with Gasteiger partial charge in [0, 0.05) is 46.0 Å². The Labute approximate surface area is 140 Å². The fraction of sp³-hybridized carbons (Fsp3) is 0.526. The molecule has 0 bridgehead atoms. The first-order chi connectivity index (χ1) is 11.1. The minimum Gasteiger partial charge on any atom is -0.378 e. The van der Waals surface area contributed by atoms with Gasteiger partial charge in [-0.05, 0) is 52.0 Å². The van der Waals surface area contributed by atoms with E-state index in [0.717, 1.165) is 37.2 Å². The molecule has 2 aromatic carbocycles. The smallest absolute Gasteiger partial charge is 0.115 e. The molecule has 126 valence electrons. The Hall–Kier alpha value is -1.97. The minimum atomic E-state index is 1.02. The van der Waals surface area contributed by atoms with Crippen LogP contribution in [0.3, 0.4) is 0 Å². The van der Waals surface area contributed by atoms with Gasteiger partial charge in [0.2, 0.25) is 0 Å². The predicted octanol–water partition coefficient (Wildman–Crippen LogP) is 3.55. The number of hydrogen-bond acceptors (Lipinski definition) is 4. The van der Waals surface area contributed by atoms with Crippen LogP contribution in [0.4, 0.5) is 22.7 Å². The quantitative estimate of drug-likeness (QED) is 0.744. The van der Waals surface area contributed by atoms with Gasteiger partial charge in [-0.1, -0.05) is 0 Å². The zero-order valence-corrected chi connectivity index (χ0v) is 15.4. The zero-order valence-electron chi connectivity index (χ0n) is 15.4. The molecule has 0 atom stereocenters. The lowest BCUT2D eigenvalue weighted by Crippen LogP contribution is -2.23. The van der Waals surface area contributed by atoms with E-state index in [1.807, 2.05) is 0 Å². The van der Waals surface area contributed by atoms with Crippen molar-refractivity contribution in [3.63, 3.8) is 0 Å². The van der Waals surface area contributed by atoms with Gasteiger partial charge in [-0.2, -0.15) is 0 Å². The third-order valence-corrected chi connectivity index (χ3v) is 4.38. The second kappa shape index (κ2) is 7.53. The van der Waals surface area contributed by atoms with E-state index in [0.29, 0.717) is 0 Å². The van der Waals surface area contributed by atoms with Crippen molar-refractivity contribution in [2.45, 2.75) is 27.7 Å². The van der Waals surface area contributed by atoms with Crippen LogP contribution in [0.2, 0.25) is 0 Å². The molecule has 0 N–H and O–H groups in total. The van der Waals surface area contributed by atoms with Crippen LogP contribution in [0.5, 0.6) is 0 Å². The summed E-state index contributed by atoms with van der Waals surface area (Å²) in [6, 6.07) is 8.44. The van der Waals surface area contributed by atoms with Crippen LogP contribution in [-0.2, 0) is 0 Å². The summed E-state index contributed by atoms with van der Waals surface area (Å²) >= 11 is 0. The molecule has 0 aromatic heterocycles. The van der Waals surface area contributed by atoms with E-state index >= 15 is 0 Å². The Morgan fingerprint density at radius 1 is 0.739 bits per heavy atom. The topological polar surface area (TPSA) is 22.1 Å². The van der Waals surface area contributed by atoms with Crippen molar-refractivity contribution in [3.05, 3.63) is 29.6 Å². The van der Waals surface area contributed by atoms with Crippen molar-refractivity contribution >= 4 is 22.7 Å². The van der Waals surface area contributed by atoms with Gasteiger partial charge in [0.25, 0.3) is 0 Å². The molecule has 0 saturated carbocycles. The Morgan fingerprint density at radius 3 is 1.52 bits per heavy atom. The predicted molar refractivity (Wildman–Crippen MR) is 102 cm³/mol. The van der Waals surface area contributed by atoms with Gasteiger partial charge < -0.3 is 14.7 Å². The molecule has 0 radical (unpaired) electrons. The van der Waals surface area contributed by atoms with Crippen molar-refractivity contribution in [1.82, 2.24) is 0 Å². The number of anilines is 3. The fourth-order valence-corrected chi connectivity index (χ4v) is 2.90. The normalized spacial score (nSPS) is 10.9. The molecule has 4 nitrogen and oxygen atoms in total. The van der Waals surface area contributed by atoms with Gasteiger partial charge in [-0.3, -0.25) is 0 Å². The number of nitrogens with zero attached hydrogens (tertiary/aromatic N) is 4. The van der Waals surface area contributed by atoms with E-state index in [2.05, 4.69) is 80.8 Å². The van der Waals surface area contributed by atoms with Crippen molar-refractivity contribution in [3.8, 4) is 0 Å². The molecule has 2 aromatic rings. The van der Waals surface area contributed by atoms with E-state index in [4.69, 9.17) is 4.99 Å². The maximum atomic E-state index is 4.91. The van der Waals surface area contributed by atoms with Crippen LogP contribution in [0.25, 0.3) is 0 Å². The third kappa shape index (κ3) is 3.69. The summed E-state index contributed by atoms with van der Waals surface area (Å²) in [5.74, 6) is 0. The van der Waals surface area contributed by atoms with Gasteiger partial charge in [-0.25, -0.2) is 4.99 Å². The highest BCUT2D eigenvalue weighted by Crippen LogP contribution is 2.33. The van der Waals surface area contributed by atoms with Crippen molar-refractivity contribution in [2.75, 3.05) is 55.0 Å². The highest BCUT2D eigenvalue weighted by Gasteiger charge is 2.28. The largest absolute Gasteiger partial charge is 0.378 e. The van der Waals surface area contributed by atoms with Crippen molar-refractivity contribution < 1.29 is 0 Å². The Kier molecular flexibility index (Phi) is 5.69. The standard InChI is InChI=1S/C19H30N4/c1-7-22(8-2)18-17(19(18)23(9-3)10-4)20-15-11-13-16(14-12-15)21(5)6/h11-14H,7-10H2,1-6H3. The Morgan fingerprint density at radius 2 is 1.17 bits per heavy atom. The summed E-state index contributed by atoms with van der Waals surface area (Å²) in [7, 11) is 4.11. The lowest BCUT2D eigenvalue weighted by Gasteiger charge is -2.19. The zero-order chi connectivity index (χ0) is 17.0. The maximum absolute atomic E-state index is 4.91. The van der Waals surface area contributed by atoms with Gasteiger partial charge in [0.05, 0.1) is 17.1 Å². The van der Waals surface area contributed by atoms with Crippen LogP contribution < -0.4 is 20.1 Å². The molecule has 0 amide bonds.